The van der Waals surface area contributed by atoms with Crippen LogP contribution in [0.1, 0.15) is 11.1 Å². The Bertz CT molecular complexity index is 1310. The van der Waals surface area contributed by atoms with Crippen LogP contribution in [0.15, 0.2) is 78.4 Å². The summed E-state index contributed by atoms with van der Waals surface area (Å²) >= 11 is 0. The van der Waals surface area contributed by atoms with E-state index in [2.05, 4.69) is 5.32 Å². The zero-order valence-corrected chi connectivity index (χ0v) is 19.2. The van der Waals surface area contributed by atoms with E-state index in [-0.39, 0.29) is 35.1 Å². The lowest BCUT2D eigenvalue weighted by Gasteiger charge is -2.11. The predicted octanol–water partition coefficient (Wildman–Crippen LogP) is 3.81. The van der Waals surface area contributed by atoms with Crippen molar-refractivity contribution in [1.29, 1.82) is 5.26 Å². The maximum Gasteiger partial charge on any atom is 0.349 e. The average molecular weight is 487 g/mol. The summed E-state index contributed by atoms with van der Waals surface area (Å²) in [7, 11) is 1.38. The molecule has 1 amide bonds. The van der Waals surface area contributed by atoms with Gasteiger partial charge in [0.25, 0.3) is 11.6 Å². The van der Waals surface area contributed by atoms with Crippen molar-refractivity contribution < 1.29 is 28.7 Å². The first-order valence-corrected chi connectivity index (χ1v) is 10.6. The van der Waals surface area contributed by atoms with Crippen LogP contribution in [0.25, 0.3) is 6.08 Å². The molecule has 36 heavy (non-hydrogen) atoms. The van der Waals surface area contributed by atoms with Crippen LogP contribution >= 0.6 is 0 Å². The van der Waals surface area contributed by atoms with Crippen molar-refractivity contribution in [1.82, 2.24) is 5.32 Å². The third-order valence-corrected chi connectivity index (χ3v) is 4.79. The second-order valence-corrected chi connectivity index (χ2v) is 7.26. The van der Waals surface area contributed by atoms with E-state index < -0.39 is 23.4 Å². The van der Waals surface area contributed by atoms with E-state index in [9.17, 15) is 25.0 Å². The van der Waals surface area contributed by atoms with E-state index in [0.717, 1.165) is 5.56 Å². The van der Waals surface area contributed by atoms with Gasteiger partial charge in [-0.1, -0.05) is 36.4 Å². The average Bonchev–Trinajstić information content (AvgIpc) is 2.90. The highest BCUT2D eigenvalue weighted by Crippen LogP contribution is 2.29. The van der Waals surface area contributed by atoms with Crippen LogP contribution in [-0.4, -0.2) is 30.5 Å². The molecule has 0 unspecified atom stereocenters. The summed E-state index contributed by atoms with van der Waals surface area (Å²) in [5.74, 6) is -0.680. The highest BCUT2D eigenvalue weighted by atomic mass is 16.6. The molecule has 0 fully saturated rings. The number of methoxy groups -OCH3 is 1. The number of nitrogens with one attached hydrogen (secondary N) is 1. The zero-order valence-electron chi connectivity index (χ0n) is 19.2. The molecule has 10 nitrogen and oxygen atoms in total. The van der Waals surface area contributed by atoms with Crippen LogP contribution in [0, 0.1) is 21.4 Å². The van der Waals surface area contributed by atoms with Crippen molar-refractivity contribution in [2.75, 3.05) is 13.7 Å². The predicted molar refractivity (Wildman–Crippen MR) is 129 cm³/mol. The summed E-state index contributed by atoms with van der Waals surface area (Å²) in [6, 6.07) is 21.0. The maximum atomic E-state index is 12.4. The summed E-state index contributed by atoms with van der Waals surface area (Å²) in [4.78, 5) is 34.8. The highest BCUT2D eigenvalue weighted by Gasteiger charge is 2.14. The number of hydrogen-bond donors (Lipinski definition) is 1. The van der Waals surface area contributed by atoms with E-state index in [1.165, 1.54) is 49.6 Å². The zero-order chi connectivity index (χ0) is 25.9. The van der Waals surface area contributed by atoms with Crippen molar-refractivity contribution >= 4 is 23.6 Å². The van der Waals surface area contributed by atoms with Gasteiger partial charge in [-0.3, -0.25) is 14.9 Å². The third kappa shape index (κ3) is 7.16. The Kier molecular flexibility index (Phi) is 8.72. The Morgan fingerprint density at radius 1 is 1.06 bits per heavy atom. The first-order valence-electron chi connectivity index (χ1n) is 10.6. The van der Waals surface area contributed by atoms with Gasteiger partial charge in [0.15, 0.2) is 18.1 Å². The standard InChI is InChI=1S/C26H21N3O7/c1-34-24-14-19(13-20(15-27)26(31)28-16-18-5-3-2-4-6-18)7-12-23(24)36-25(30)17-35-22-10-8-21(9-11-22)29(32)33/h2-14H,16-17H2,1H3,(H,28,31)/b20-13+. The molecular weight excluding hydrogens is 466 g/mol. The number of ether oxygens (including phenoxy) is 3. The number of nitro groups is 1. The van der Waals surface area contributed by atoms with Crippen molar-refractivity contribution in [3.8, 4) is 23.3 Å². The van der Waals surface area contributed by atoms with Crippen molar-refractivity contribution in [3.05, 3.63) is 99.6 Å². The van der Waals surface area contributed by atoms with Crippen molar-refractivity contribution in [2.24, 2.45) is 0 Å². The number of carbonyl (C=O) groups excluding carboxylic acids is 2. The summed E-state index contributed by atoms with van der Waals surface area (Å²) in [6.07, 6.45) is 1.39. The number of nitriles is 1. The normalized spacial score (nSPS) is 10.6. The number of carbonyl (C=O) groups is 2. The molecule has 0 atom stereocenters. The molecule has 0 aliphatic heterocycles. The van der Waals surface area contributed by atoms with Crippen LogP contribution < -0.4 is 19.5 Å². The minimum atomic E-state index is -0.729. The first kappa shape index (κ1) is 25.5. The Balaban J connectivity index is 1.62. The quantitative estimate of drug-likeness (QED) is 0.114. The molecule has 3 aromatic carbocycles. The molecule has 0 radical (unpaired) electrons. The van der Waals surface area contributed by atoms with Gasteiger partial charge in [0.05, 0.1) is 12.0 Å². The summed E-state index contributed by atoms with van der Waals surface area (Å²) in [6.45, 7) is -0.165. The molecule has 0 aromatic heterocycles. The Labute approximate surface area is 206 Å². The lowest BCUT2D eigenvalue weighted by molar-refractivity contribution is -0.384. The lowest BCUT2D eigenvalue weighted by atomic mass is 10.1. The van der Waals surface area contributed by atoms with E-state index in [1.807, 2.05) is 36.4 Å². The fraction of sp³-hybridized carbons (Fsp3) is 0.115. The monoisotopic (exact) mass is 487 g/mol. The number of rotatable bonds is 10. The minimum absolute atomic E-state index is 0.1000. The van der Waals surface area contributed by atoms with Gasteiger partial charge in [-0.25, -0.2) is 4.79 Å². The third-order valence-electron chi connectivity index (χ3n) is 4.79. The summed E-state index contributed by atoms with van der Waals surface area (Å²) < 4.78 is 15.8. The Hall–Kier alpha value is -5.17. The van der Waals surface area contributed by atoms with Gasteiger partial charge < -0.3 is 19.5 Å². The molecule has 3 aromatic rings. The molecule has 3 rings (SSSR count). The fourth-order valence-corrected chi connectivity index (χ4v) is 3.01. The van der Waals surface area contributed by atoms with Gasteiger partial charge in [0, 0.05) is 18.7 Å². The summed E-state index contributed by atoms with van der Waals surface area (Å²) in [5, 5.41) is 22.8. The van der Waals surface area contributed by atoms with E-state index in [0.29, 0.717) is 5.56 Å². The molecule has 1 N–H and O–H groups in total. The Morgan fingerprint density at radius 2 is 1.78 bits per heavy atom. The molecule has 0 aliphatic carbocycles. The highest BCUT2D eigenvalue weighted by molar-refractivity contribution is 6.01. The minimum Gasteiger partial charge on any atom is -0.493 e. The smallest absolute Gasteiger partial charge is 0.349 e. The van der Waals surface area contributed by atoms with Gasteiger partial charge in [-0.2, -0.15) is 5.26 Å². The Morgan fingerprint density at radius 3 is 2.42 bits per heavy atom. The molecule has 0 bridgehead atoms. The molecule has 0 saturated carbocycles. The second kappa shape index (κ2) is 12.3. The number of esters is 1. The number of benzene rings is 3. The molecule has 10 heteroatoms. The van der Waals surface area contributed by atoms with Crippen LogP contribution in [0.2, 0.25) is 0 Å². The van der Waals surface area contributed by atoms with Gasteiger partial charge in [-0.15, -0.1) is 0 Å². The number of nitro benzene ring substituents is 1. The van der Waals surface area contributed by atoms with Gasteiger partial charge in [0.2, 0.25) is 0 Å². The number of amides is 1. The fourth-order valence-electron chi connectivity index (χ4n) is 3.01. The lowest BCUT2D eigenvalue weighted by Crippen LogP contribution is -2.23. The molecule has 0 spiro atoms. The number of hydrogen-bond acceptors (Lipinski definition) is 8. The van der Waals surface area contributed by atoms with E-state index >= 15 is 0 Å². The van der Waals surface area contributed by atoms with Gasteiger partial charge in [-0.05, 0) is 41.5 Å². The topological polar surface area (TPSA) is 141 Å². The van der Waals surface area contributed by atoms with Crippen LogP contribution in [0.5, 0.6) is 17.2 Å². The van der Waals surface area contributed by atoms with Crippen LogP contribution in [0.4, 0.5) is 5.69 Å². The maximum absolute atomic E-state index is 12.4. The number of nitrogens with zero attached hydrogens (tertiary/aromatic N) is 2. The molecule has 0 heterocycles. The first-order chi connectivity index (χ1) is 17.4. The summed E-state index contributed by atoms with van der Waals surface area (Å²) in [5.41, 5.74) is 1.18. The molecule has 0 saturated heterocycles. The van der Waals surface area contributed by atoms with E-state index in [1.54, 1.807) is 6.07 Å². The molecule has 0 aliphatic rings. The largest absolute Gasteiger partial charge is 0.493 e. The van der Waals surface area contributed by atoms with Gasteiger partial charge in [0.1, 0.15) is 17.4 Å². The molecule has 182 valence electrons. The second-order valence-electron chi connectivity index (χ2n) is 7.26. The van der Waals surface area contributed by atoms with Gasteiger partial charge >= 0.3 is 5.97 Å². The SMILES string of the molecule is COc1cc(/C=C(\C#N)C(=O)NCc2ccccc2)ccc1OC(=O)COc1ccc([N+](=O)[O-])cc1. The van der Waals surface area contributed by atoms with Crippen LogP contribution in [-0.2, 0) is 16.1 Å². The van der Waals surface area contributed by atoms with Crippen molar-refractivity contribution in [2.45, 2.75) is 6.54 Å². The van der Waals surface area contributed by atoms with Crippen LogP contribution in [0.3, 0.4) is 0 Å². The van der Waals surface area contributed by atoms with E-state index in [4.69, 9.17) is 14.2 Å². The number of non-ortho nitro benzene ring substituents is 1. The molecular formula is C26H21N3O7. The van der Waals surface area contributed by atoms with Crippen molar-refractivity contribution in [3.63, 3.8) is 0 Å².